The first-order valence-electron chi connectivity index (χ1n) is 8.13. The second-order valence-corrected chi connectivity index (χ2v) is 7.33. The fourth-order valence-electron chi connectivity index (χ4n) is 3.56. The average molecular weight is 338 g/mol. The molecule has 0 aliphatic heterocycles. The summed E-state index contributed by atoms with van der Waals surface area (Å²) in [4.78, 5) is 0. The number of rotatable bonds is 4. The van der Waals surface area contributed by atoms with Crippen molar-refractivity contribution in [2.45, 2.75) is 71.8 Å². The van der Waals surface area contributed by atoms with Crippen molar-refractivity contribution in [1.29, 1.82) is 0 Å². The van der Waals surface area contributed by atoms with Crippen LogP contribution in [0.5, 0.6) is 0 Å². The Morgan fingerprint density at radius 2 is 1.80 bits per heavy atom. The smallest absolute Gasteiger partial charge is 0.0402 e. The molecule has 1 nitrogen and oxygen atoms in total. The molecule has 0 heterocycles. The highest BCUT2D eigenvalue weighted by Gasteiger charge is 2.19. The molecule has 2 rings (SSSR count). The van der Waals surface area contributed by atoms with Crippen molar-refractivity contribution in [2.24, 2.45) is 5.92 Å². The van der Waals surface area contributed by atoms with Gasteiger partial charge in [0.05, 0.1) is 0 Å². The van der Waals surface area contributed by atoms with Crippen LogP contribution in [0.2, 0.25) is 0 Å². The molecule has 1 aromatic rings. The molecule has 2 unspecified atom stereocenters. The minimum absolute atomic E-state index is 0.662. The van der Waals surface area contributed by atoms with Crippen LogP contribution in [0, 0.1) is 19.8 Å². The highest BCUT2D eigenvalue weighted by Crippen LogP contribution is 2.31. The van der Waals surface area contributed by atoms with Gasteiger partial charge in [-0.05, 0) is 62.3 Å². The van der Waals surface area contributed by atoms with Crippen molar-refractivity contribution in [1.82, 2.24) is 0 Å². The van der Waals surface area contributed by atoms with Crippen LogP contribution in [-0.4, -0.2) is 6.04 Å². The summed E-state index contributed by atoms with van der Waals surface area (Å²) in [5, 5.41) is 3.83. The highest BCUT2D eigenvalue weighted by molar-refractivity contribution is 9.10. The fourth-order valence-corrected chi connectivity index (χ4v) is 4.25. The SMILES string of the molecule is CCCC1CCCC(Nc2c(C)cc(Br)cc2C)CC1. The van der Waals surface area contributed by atoms with Crippen molar-refractivity contribution in [2.75, 3.05) is 5.32 Å². The number of anilines is 1. The maximum Gasteiger partial charge on any atom is 0.0402 e. The molecule has 0 amide bonds. The Morgan fingerprint density at radius 1 is 1.10 bits per heavy atom. The molecule has 112 valence electrons. The maximum absolute atomic E-state index is 3.83. The largest absolute Gasteiger partial charge is 0.382 e. The lowest BCUT2D eigenvalue weighted by Crippen LogP contribution is -2.19. The van der Waals surface area contributed by atoms with Crippen LogP contribution in [0.25, 0.3) is 0 Å². The van der Waals surface area contributed by atoms with Crippen LogP contribution in [-0.2, 0) is 0 Å². The molecule has 1 N–H and O–H groups in total. The zero-order valence-electron chi connectivity index (χ0n) is 13.1. The Kier molecular flexibility index (Phi) is 5.95. The average Bonchev–Trinajstić information content (AvgIpc) is 2.60. The van der Waals surface area contributed by atoms with E-state index in [2.05, 4.69) is 54.2 Å². The lowest BCUT2D eigenvalue weighted by atomic mass is 9.95. The Morgan fingerprint density at radius 3 is 2.45 bits per heavy atom. The van der Waals surface area contributed by atoms with Gasteiger partial charge in [0.2, 0.25) is 0 Å². The lowest BCUT2D eigenvalue weighted by molar-refractivity contribution is 0.422. The molecule has 1 saturated carbocycles. The van der Waals surface area contributed by atoms with Gasteiger partial charge in [0.1, 0.15) is 0 Å². The zero-order valence-corrected chi connectivity index (χ0v) is 14.7. The molecule has 1 aromatic carbocycles. The summed E-state index contributed by atoms with van der Waals surface area (Å²) >= 11 is 3.58. The Labute approximate surface area is 132 Å². The van der Waals surface area contributed by atoms with E-state index >= 15 is 0 Å². The Bertz CT molecular complexity index is 418. The van der Waals surface area contributed by atoms with Crippen molar-refractivity contribution < 1.29 is 0 Å². The number of hydrogen-bond acceptors (Lipinski definition) is 1. The summed E-state index contributed by atoms with van der Waals surface area (Å²) in [6, 6.07) is 5.09. The van der Waals surface area contributed by atoms with E-state index in [4.69, 9.17) is 0 Å². The van der Waals surface area contributed by atoms with Crippen LogP contribution in [0.4, 0.5) is 5.69 Å². The molecule has 1 fully saturated rings. The number of halogens is 1. The third-order valence-corrected chi connectivity index (χ3v) is 5.09. The lowest BCUT2D eigenvalue weighted by Gasteiger charge is -2.21. The van der Waals surface area contributed by atoms with Crippen molar-refractivity contribution in [3.05, 3.63) is 27.7 Å². The normalized spacial score (nSPS) is 23.4. The van der Waals surface area contributed by atoms with Crippen molar-refractivity contribution >= 4 is 21.6 Å². The topological polar surface area (TPSA) is 12.0 Å². The number of nitrogens with one attached hydrogen (secondary N) is 1. The van der Waals surface area contributed by atoms with Gasteiger partial charge < -0.3 is 5.32 Å². The molecule has 2 atom stereocenters. The van der Waals surface area contributed by atoms with Crippen molar-refractivity contribution in [3.8, 4) is 0 Å². The van der Waals surface area contributed by atoms with Gasteiger partial charge in [-0.3, -0.25) is 0 Å². The molecule has 1 aliphatic rings. The van der Waals surface area contributed by atoms with E-state index in [-0.39, 0.29) is 0 Å². The number of aryl methyl sites for hydroxylation is 2. The first kappa shape index (κ1) is 15.9. The van der Waals surface area contributed by atoms with E-state index in [1.165, 1.54) is 66.2 Å². The van der Waals surface area contributed by atoms with Gasteiger partial charge in [-0.15, -0.1) is 0 Å². The molecule has 2 heteroatoms. The third kappa shape index (κ3) is 4.25. The first-order chi connectivity index (χ1) is 9.60. The van der Waals surface area contributed by atoms with E-state index in [1.807, 2.05) is 0 Å². The Balaban J connectivity index is 2.00. The molecule has 0 spiro atoms. The van der Waals surface area contributed by atoms with E-state index in [9.17, 15) is 0 Å². The van der Waals surface area contributed by atoms with Gasteiger partial charge >= 0.3 is 0 Å². The van der Waals surface area contributed by atoms with Gasteiger partial charge in [-0.1, -0.05) is 48.5 Å². The van der Waals surface area contributed by atoms with Gasteiger partial charge in [0.15, 0.2) is 0 Å². The van der Waals surface area contributed by atoms with Crippen LogP contribution >= 0.6 is 15.9 Å². The van der Waals surface area contributed by atoms with E-state index < -0.39 is 0 Å². The van der Waals surface area contributed by atoms with Crippen LogP contribution in [0.15, 0.2) is 16.6 Å². The second-order valence-electron chi connectivity index (χ2n) is 6.42. The molecular weight excluding hydrogens is 310 g/mol. The summed E-state index contributed by atoms with van der Waals surface area (Å²) in [5.74, 6) is 0.971. The number of hydrogen-bond donors (Lipinski definition) is 1. The Hall–Kier alpha value is -0.500. The summed E-state index contributed by atoms with van der Waals surface area (Å²) < 4.78 is 1.18. The van der Waals surface area contributed by atoms with Gasteiger partial charge in [-0.25, -0.2) is 0 Å². The summed E-state index contributed by atoms with van der Waals surface area (Å²) in [5.41, 5.74) is 4.06. The quantitative estimate of drug-likeness (QED) is 0.642. The molecule has 0 bridgehead atoms. The number of benzene rings is 1. The molecule has 0 aromatic heterocycles. The zero-order chi connectivity index (χ0) is 14.5. The summed E-state index contributed by atoms with van der Waals surface area (Å²) in [6.07, 6.45) is 9.65. The molecule has 0 radical (unpaired) electrons. The van der Waals surface area contributed by atoms with Gasteiger partial charge in [0.25, 0.3) is 0 Å². The van der Waals surface area contributed by atoms with Crippen LogP contribution < -0.4 is 5.32 Å². The van der Waals surface area contributed by atoms with E-state index in [1.54, 1.807) is 0 Å². The van der Waals surface area contributed by atoms with Crippen LogP contribution in [0.3, 0.4) is 0 Å². The first-order valence-corrected chi connectivity index (χ1v) is 8.92. The molecular formula is C18H28BrN. The summed E-state index contributed by atoms with van der Waals surface area (Å²) in [6.45, 7) is 6.72. The predicted octanol–water partition coefficient (Wildman–Crippen LogP) is 6.23. The maximum atomic E-state index is 3.83. The van der Waals surface area contributed by atoms with Crippen LogP contribution in [0.1, 0.15) is 63.0 Å². The third-order valence-electron chi connectivity index (χ3n) is 4.63. The second kappa shape index (κ2) is 7.49. The fraction of sp³-hybridized carbons (Fsp3) is 0.667. The molecule has 0 saturated heterocycles. The van der Waals surface area contributed by atoms with E-state index in [0.717, 1.165) is 5.92 Å². The minimum Gasteiger partial charge on any atom is -0.382 e. The predicted molar refractivity (Wildman–Crippen MR) is 92.5 cm³/mol. The van der Waals surface area contributed by atoms with Crippen molar-refractivity contribution in [3.63, 3.8) is 0 Å². The molecule has 20 heavy (non-hydrogen) atoms. The highest BCUT2D eigenvalue weighted by atomic mass is 79.9. The summed E-state index contributed by atoms with van der Waals surface area (Å²) in [7, 11) is 0. The van der Waals surface area contributed by atoms with E-state index in [0.29, 0.717) is 6.04 Å². The monoisotopic (exact) mass is 337 g/mol. The van der Waals surface area contributed by atoms with Gasteiger partial charge in [-0.2, -0.15) is 0 Å². The van der Waals surface area contributed by atoms with Gasteiger partial charge in [0, 0.05) is 16.2 Å². The molecule has 1 aliphatic carbocycles. The standard InChI is InChI=1S/C18H28BrN/c1-4-6-15-7-5-8-17(10-9-15)20-18-13(2)11-16(19)12-14(18)3/h11-12,15,17,20H,4-10H2,1-3H3. The minimum atomic E-state index is 0.662.